The minimum atomic E-state index is -0.416. The molecule has 23 heavy (non-hydrogen) atoms. The van der Waals surface area contributed by atoms with Crippen LogP contribution in [0.25, 0.3) is 0 Å². The minimum absolute atomic E-state index is 0.0177. The van der Waals surface area contributed by atoms with Crippen LogP contribution in [0.3, 0.4) is 0 Å². The highest BCUT2D eigenvalue weighted by molar-refractivity contribution is 5.97. The zero-order valence-corrected chi connectivity index (χ0v) is 13.5. The SMILES string of the molecule is C[C@H]1CC2C(=O)N(C)[C@@H](C)C(=O)N2[C@@H]1c1ccc2c(c1)OCO2. The molecule has 6 heteroatoms. The second kappa shape index (κ2) is 4.88. The van der Waals surface area contributed by atoms with E-state index in [1.54, 1.807) is 23.8 Å². The molecule has 3 aliphatic heterocycles. The zero-order valence-electron chi connectivity index (χ0n) is 13.5. The Morgan fingerprint density at radius 3 is 2.61 bits per heavy atom. The maximum Gasteiger partial charge on any atom is 0.246 e. The summed E-state index contributed by atoms with van der Waals surface area (Å²) in [6.45, 7) is 4.11. The van der Waals surface area contributed by atoms with Gasteiger partial charge in [0, 0.05) is 7.05 Å². The van der Waals surface area contributed by atoms with Crippen molar-refractivity contribution in [1.82, 2.24) is 9.80 Å². The van der Waals surface area contributed by atoms with Gasteiger partial charge in [-0.15, -0.1) is 0 Å². The fraction of sp³-hybridized carbons (Fsp3) is 0.529. The molecule has 122 valence electrons. The first-order chi connectivity index (χ1) is 11.0. The summed E-state index contributed by atoms with van der Waals surface area (Å²) in [5.74, 6) is 1.70. The van der Waals surface area contributed by atoms with Crippen molar-refractivity contribution < 1.29 is 19.1 Å². The van der Waals surface area contributed by atoms with Gasteiger partial charge in [0.1, 0.15) is 12.1 Å². The van der Waals surface area contributed by atoms with E-state index >= 15 is 0 Å². The van der Waals surface area contributed by atoms with Crippen LogP contribution in [0.4, 0.5) is 0 Å². The number of carbonyl (C=O) groups is 2. The number of rotatable bonds is 1. The lowest BCUT2D eigenvalue weighted by atomic mass is 9.94. The quantitative estimate of drug-likeness (QED) is 0.789. The van der Waals surface area contributed by atoms with Crippen LogP contribution in [0.15, 0.2) is 18.2 Å². The van der Waals surface area contributed by atoms with Crippen LogP contribution in [0.2, 0.25) is 0 Å². The molecule has 4 atom stereocenters. The lowest BCUT2D eigenvalue weighted by molar-refractivity contribution is -0.159. The lowest BCUT2D eigenvalue weighted by Gasteiger charge is -2.41. The number of benzene rings is 1. The van der Waals surface area contributed by atoms with Crippen molar-refractivity contribution in [2.75, 3.05) is 13.8 Å². The Balaban J connectivity index is 1.74. The second-order valence-corrected chi connectivity index (χ2v) is 6.66. The normalized spacial score (nSPS) is 32.5. The van der Waals surface area contributed by atoms with E-state index in [1.165, 1.54) is 0 Å². The topological polar surface area (TPSA) is 59.1 Å². The average Bonchev–Trinajstić information content (AvgIpc) is 3.14. The molecule has 6 nitrogen and oxygen atoms in total. The van der Waals surface area contributed by atoms with Crippen LogP contribution in [0.1, 0.15) is 31.9 Å². The summed E-state index contributed by atoms with van der Waals surface area (Å²) in [6, 6.07) is 4.92. The van der Waals surface area contributed by atoms with Crippen LogP contribution in [-0.4, -0.2) is 47.5 Å². The molecular weight excluding hydrogens is 296 g/mol. The van der Waals surface area contributed by atoms with Gasteiger partial charge >= 0.3 is 0 Å². The Labute approximate surface area is 134 Å². The first kappa shape index (κ1) is 14.4. The van der Waals surface area contributed by atoms with Crippen LogP contribution in [0.5, 0.6) is 11.5 Å². The number of hydrogen-bond donors (Lipinski definition) is 0. The summed E-state index contributed by atoms with van der Waals surface area (Å²) in [7, 11) is 1.71. The van der Waals surface area contributed by atoms with Crippen molar-refractivity contribution in [3.8, 4) is 11.5 Å². The van der Waals surface area contributed by atoms with Crippen LogP contribution in [0, 0.1) is 5.92 Å². The molecule has 0 aliphatic carbocycles. The van der Waals surface area contributed by atoms with Gasteiger partial charge in [0.15, 0.2) is 11.5 Å². The number of likely N-dealkylation sites (N-methyl/N-ethyl adjacent to an activating group) is 1. The molecule has 2 fully saturated rings. The van der Waals surface area contributed by atoms with Gasteiger partial charge in [-0.05, 0) is 37.0 Å². The van der Waals surface area contributed by atoms with E-state index in [2.05, 4.69) is 6.92 Å². The number of hydrogen-bond acceptors (Lipinski definition) is 4. The highest BCUT2D eigenvalue weighted by Gasteiger charge is 2.52. The monoisotopic (exact) mass is 316 g/mol. The fourth-order valence-electron chi connectivity index (χ4n) is 3.97. The third-order valence-corrected chi connectivity index (χ3v) is 5.33. The minimum Gasteiger partial charge on any atom is -0.454 e. The largest absolute Gasteiger partial charge is 0.454 e. The Morgan fingerprint density at radius 1 is 1.09 bits per heavy atom. The Morgan fingerprint density at radius 2 is 1.83 bits per heavy atom. The van der Waals surface area contributed by atoms with Gasteiger partial charge in [0.2, 0.25) is 18.6 Å². The molecule has 3 aliphatic rings. The Hall–Kier alpha value is -2.24. The predicted molar refractivity (Wildman–Crippen MR) is 82.0 cm³/mol. The smallest absolute Gasteiger partial charge is 0.246 e. The number of carbonyl (C=O) groups excluding carboxylic acids is 2. The number of amides is 2. The predicted octanol–water partition coefficient (Wildman–Crippen LogP) is 1.55. The third kappa shape index (κ3) is 1.93. The average molecular weight is 316 g/mol. The molecule has 1 unspecified atom stereocenters. The number of fused-ring (bicyclic) bond motifs is 2. The Kier molecular flexibility index (Phi) is 3.04. The van der Waals surface area contributed by atoms with Gasteiger partial charge in [0.25, 0.3) is 0 Å². The molecule has 0 saturated carbocycles. The van der Waals surface area contributed by atoms with Gasteiger partial charge in [0.05, 0.1) is 6.04 Å². The standard InChI is InChI=1S/C17H20N2O4/c1-9-6-12-17(21)18(3)10(2)16(20)19(12)15(9)11-4-5-13-14(7-11)23-8-22-13/h4-5,7,9-10,12,15H,6,8H2,1-3H3/t9-,10-,12?,15-/m0/s1. The summed E-state index contributed by atoms with van der Waals surface area (Å²) in [5.41, 5.74) is 1.00. The van der Waals surface area contributed by atoms with Crippen molar-refractivity contribution in [3.63, 3.8) is 0 Å². The van der Waals surface area contributed by atoms with Gasteiger partial charge < -0.3 is 19.3 Å². The van der Waals surface area contributed by atoms with Crippen molar-refractivity contribution in [2.45, 2.75) is 38.4 Å². The van der Waals surface area contributed by atoms with E-state index in [1.807, 2.05) is 18.2 Å². The van der Waals surface area contributed by atoms with Gasteiger partial charge in [-0.25, -0.2) is 0 Å². The second-order valence-electron chi connectivity index (χ2n) is 6.66. The summed E-state index contributed by atoms with van der Waals surface area (Å²) in [4.78, 5) is 28.7. The summed E-state index contributed by atoms with van der Waals surface area (Å²) in [5, 5.41) is 0. The fourth-order valence-corrected chi connectivity index (χ4v) is 3.97. The van der Waals surface area contributed by atoms with Crippen molar-refractivity contribution in [3.05, 3.63) is 23.8 Å². The van der Waals surface area contributed by atoms with Crippen LogP contribution in [-0.2, 0) is 9.59 Å². The molecule has 0 radical (unpaired) electrons. The number of piperazine rings is 1. The molecule has 2 saturated heterocycles. The Bertz CT molecular complexity index is 689. The van der Waals surface area contributed by atoms with E-state index in [4.69, 9.17) is 9.47 Å². The molecule has 2 amide bonds. The molecule has 0 aromatic heterocycles. The summed E-state index contributed by atoms with van der Waals surface area (Å²) < 4.78 is 10.8. The summed E-state index contributed by atoms with van der Waals surface area (Å²) in [6.07, 6.45) is 0.695. The lowest BCUT2D eigenvalue weighted by Crippen LogP contribution is -2.60. The van der Waals surface area contributed by atoms with Gasteiger partial charge in [-0.3, -0.25) is 9.59 Å². The zero-order chi connectivity index (χ0) is 16.3. The molecule has 1 aromatic carbocycles. The van der Waals surface area contributed by atoms with Crippen LogP contribution < -0.4 is 9.47 Å². The van der Waals surface area contributed by atoms with Crippen LogP contribution >= 0.6 is 0 Å². The van der Waals surface area contributed by atoms with E-state index in [9.17, 15) is 9.59 Å². The van der Waals surface area contributed by atoms with E-state index in [0.29, 0.717) is 12.2 Å². The first-order valence-corrected chi connectivity index (χ1v) is 7.97. The highest BCUT2D eigenvalue weighted by Crippen LogP contribution is 2.46. The third-order valence-electron chi connectivity index (χ3n) is 5.33. The van der Waals surface area contributed by atoms with Gasteiger partial charge in [-0.2, -0.15) is 0 Å². The van der Waals surface area contributed by atoms with E-state index < -0.39 is 6.04 Å². The molecule has 0 N–H and O–H groups in total. The molecule has 0 bridgehead atoms. The molecule has 0 spiro atoms. The molecule has 1 aromatic rings. The van der Waals surface area contributed by atoms with Crippen molar-refractivity contribution >= 4 is 11.8 Å². The molecule has 3 heterocycles. The highest BCUT2D eigenvalue weighted by atomic mass is 16.7. The van der Waals surface area contributed by atoms with Gasteiger partial charge in [-0.1, -0.05) is 13.0 Å². The summed E-state index contributed by atoms with van der Waals surface area (Å²) >= 11 is 0. The molecular formula is C17H20N2O4. The maximum atomic E-state index is 12.8. The molecule has 4 rings (SSSR count). The maximum absolute atomic E-state index is 12.8. The van der Waals surface area contributed by atoms with Crippen molar-refractivity contribution in [1.29, 1.82) is 0 Å². The van der Waals surface area contributed by atoms with E-state index in [-0.39, 0.29) is 36.6 Å². The number of ether oxygens (including phenoxy) is 2. The first-order valence-electron chi connectivity index (χ1n) is 7.97. The van der Waals surface area contributed by atoms with E-state index in [0.717, 1.165) is 11.3 Å². The van der Waals surface area contributed by atoms with Crippen molar-refractivity contribution in [2.24, 2.45) is 5.92 Å². The number of nitrogens with zero attached hydrogens (tertiary/aromatic N) is 2.